The number of carbonyl (C=O) groups is 1. The molecule has 0 radical (unpaired) electrons. The number of methoxy groups -OCH3 is 1. The van der Waals surface area contributed by atoms with Crippen LogP contribution in [-0.4, -0.2) is 34.0 Å². The van der Waals surface area contributed by atoms with Crippen molar-refractivity contribution < 1.29 is 32.1 Å². The Morgan fingerprint density at radius 1 is 1.38 bits per heavy atom. The second-order valence-electron chi connectivity index (χ2n) is 5.29. The quantitative estimate of drug-likeness (QED) is 0.465. The maximum Gasteiger partial charge on any atom is 0.366 e. The normalized spacial score (nSPS) is 13.9. The molecule has 16 heavy (non-hydrogen) atoms. The van der Waals surface area contributed by atoms with Crippen LogP contribution in [-0.2, 0) is 14.0 Å². The molecule has 3 N–H and O–H groups in total. The van der Waals surface area contributed by atoms with Gasteiger partial charge < -0.3 is 27.3 Å². The summed E-state index contributed by atoms with van der Waals surface area (Å²) in [6, 6.07) is -0.427. The highest BCUT2D eigenvalue weighted by Gasteiger charge is 2.38. The lowest BCUT2D eigenvalue weighted by molar-refractivity contribution is -0.412. The fourth-order valence-electron chi connectivity index (χ4n) is 0.760. The number of hydrogen-bond acceptors (Lipinski definition) is 3. The van der Waals surface area contributed by atoms with Crippen LogP contribution < -0.4 is 18.1 Å². The van der Waals surface area contributed by atoms with Crippen LogP contribution in [0.4, 0.5) is 0 Å². The summed E-state index contributed by atoms with van der Waals surface area (Å²) in [7, 11) is -0.406. The molecule has 6 heteroatoms. The molecule has 0 aromatic heterocycles. The number of quaternary nitrogens is 1. The standard InChI is InChI=1S/C10H23NO3Si.ClH/c1-10(2,3)15(5,6)14-7-8(11)9(12)13-4;/h8H,7,11H2,1-6H3;1H/t8-;/m0./s1. The lowest BCUT2D eigenvalue weighted by atomic mass is 10.2. The summed E-state index contributed by atoms with van der Waals surface area (Å²) < 4.78 is 10.5. The molecule has 0 aromatic rings. The molecule has 0 saturated heterocycles. The van der Waals surface area contributed by atoms with E-state index < -0.39 is 14.4 Å². The van der Waals surface area contributed by atoms with Gasteiger partial charge in [0, 0.05) is 0 Å². The molecule has 0 saturated carbocycles. The first kappa shape index (κ1) is 18.3. The average molecular weight is 270 g/mol. The number of rotatable bonds is 4. The highest BCUT2D eigenvalue weighted by molar-refractivity contribution is 6.74. The van der Waals surface area contributed by atoms with Gasteiger partial charge in [-0.3, -0.25) is 0 Å². The molecule has 0 unspecified atom stereocenters. The van der Waals surface area contributed by atoms with Crippen molar-refractivity contribution in [2.45, 2.75) is 44.9 Å². The van der Waals surface area contributed by atoms with Gasteiger partial charge in [-0.05, 0) is 18.1 Å². The first-order chi connectivity index (χ1) is 6.62. The van der Waals surface area contributed by atoms with Gasteiger partial charge in [0.1, 0.15) is 0 Å². The van der Waals surface area contributed by atoms with Crippen LogP contribution >= 0.6 is 0 Å². The van der Waals surface area contributed by atoms with Crippen molar-refractivity contribution in [1.82, 2.24) is 0 Å². The van der Waals surface area contributed by atoms with Crippen molar-refractivity contribution in [2.24, 2.45) is 0 Å². The number of halogens is 1. The molecule has 0 aliphatic carbocycles. The molecular formula is C10H24ClNO3Si. The van der Waals surface area contributed by atoms with Crippen LogP contribution in [0.15, 0.2) is 0 Å². The van der Waals surface area contributed by atoms with Gasteiger partial charge in [-0.2, -0.15) is 0 Å². The van der Waals surface area contributed by atoms with Crippen LogP contribution in [0.2, 0.25) is 18.1 Å². The van der Waals surface area contributed by atoms with Crippen LogP contribution in [0.1, 0.15) is 20.8 Å². The van der Waals surface area contributed by atoms with Gasteiger partial charge in [-0.1, -0.05) is 20.8 Å². The smallest absolute Gasteiger partial charge is 0.366 e. The maximum absolute atomic E-state index is 11.1. The second kappa shape index (κ2) is 6.59. The van der Waals surface area contributed by atoms with E-state index >= 15 is 0 Å². The highest BCUT2D eigenvalue weighted by Crippen LogP contribution is 2.36. The summed E-state index contributed by atoms with van der Waals surface area (Å²) in [6.45, 7) is 11.1. The van der Waals surface area contributed by atoms with Crippen molar-refractivity contribution in [3.05, 3.63) is 0 Å². The predicted octanol–water partition coefficient (Wildman–Crippen LogP) is -2.20. The van der Waals surface area contributed by atoms with Gasteiger partial charge in [0.25, 0.3) is 0 Å². The van der Waals surface area contributed by atoms with E-state index in [1.807, 2.05) is 0 Å². The number of esters is 1. The minimum absolute atomic E-state index is 0. The summed E-state index contributed by atoms with van der Waals surface area (Å²) in [4.78, 5) is 11.1. The highest BCUT2D eigenvalue weighted by atomic mass is 35.5. The lowest BCUT2D eigenvalue weighted by Gasteiger charge is -2.36. The van der Waals surface area contributed by atoms with Crippen molar-refractivity contribution in [3.8, 4) is 0 Å². The summed E-state index contributed by atoms with van der Waals surface area (Å²) >= 11 is 0. The van der Waals surface area contributed by atoms with Crippen molar-refractivity contribution in [2.75, 3.05) is 13.7 Å². The van der Waals surface area contributed by atoms with Crippen LogP contribution in [0.25, 0.3) is 0 Å². The average Bonchev–Trinajstić information content (AvgIpc) is 2.11. The van der Waals surface area contributed by atoms with E-state index in [1.54, 1.807) is 0 Å². The molecule has 0 aromatic carbocycles. The Morgan fingerprint density at radius 3 is 2.12 bits per heavy atom. The van der Waals surface area contributed by atoms with Gasteiger partial charge in [-0.25, -0.2) is 4.79 Å². The van der Waals surface area contributed by atoms with Crippen LogP contribution in [0.3, 0.4) is 0 Å². The Bertz CT molecular complexity index is 229. The Morgan fingerprint density at radius 2 is 1.81 bits per heavy atom. The maximum atomic E-state index is 11.1. The molecule has 0 rings (SSSR count). The fourth-order valence-corrected chi connectivity index (χ4v) is 1.81. The molecule has 0 aliphatic rings. The zero-order valence-corrected chi connectivity index (χ0v) is 12.9. The van der Waals surface area contributed by atoms with Gasteiger partial charge in [0.2, 0.25) is 6.04 Å². The van der Waals surface area contributed by atoms with E-state index in [9.17, 15) is 4.79 Å². The number of carbonyl (C=O) groups excluding carboxylic acids is 1. The van der Waals surface area contributed by atoms with Gasteiger partial charge in [0.05, 0.1) is 13.7 Å². The molecule has 98 valence electrons. The van der Waals surface area contributed by atoms with Gasteiger partial charge >= 0.3 is 5.97 Å². The summed E-state index contributed by atoms with van der Waals surface area (Å²) in [5.41, 5.74) is 3.72. The zero-order valence-electron chi connectivity index (χ0n) is 11.1. The number of ether oxygens (including phenoxy) is 1. The summed E-state index contributed by atoms with van der Waals surface area (Å²) in [6.07, 6.45) is 0. The van der Waals surface area contributed by atoms with E-state index in [2.05, 4.69) is 44.3 Å². The van der Waals surface area contributed by atoms with E-state index in [0.29, 0.717) is 6.61 Å². The van der Waals surface area contributed by atoms with Crippen molar-refractivity contribution in [3.63, 3.8) is 0 Å². The zero-order chi connectivity index (χ0) is 12.3. The van der Waals surface area contributed by atoms with E-state index in [0.717, 1.165) is 0 Å². The van der Waals surface area contributed by atoms with Crippen LogP contribution in [0.5, 0.6) is 0 Å². The second-order valence-corrected chi connectivity index (χ2v) is 10.1. The monoisotopic (exact) mass is 269 g/mol. The molecular weight excluding hydrogens is 246 g/mol. The summed E-state index contributed by atoms with van der Waals surface area (Å²) in [5.74, 6) is -0.311. The lowest BCUT2D eigenvalue weighted by Crippen LogP contribution is -3.00. The Labute approximate surface area is 105 Å². The molecule has 0 fully saturated rings. The topological polar surface area (TPSA) is 63.2 Å². The third-order valence-corrected chi connectivity index (χ3v) is 7.49. The molecule has 0 amide bonds. The van der Waals surface area contributed by atoms with Crippen LogP contribution in [0, 0.1) is 0 Å². The molecule has 1 atom stereocenters. The molecule has 0 heterocycles. The minimum Gasteiger partial charge on any atom is -1.00 e. The van der Waals surface area contributed by atoms with E-state index in [-0.39, 0.29) is 23.4 Å². The molecule has 0 spiro atoms. The molecule has 0 bridgehead atoms. The molecule has 0 aliphatic heterocycles. The van der Waals surface area contributed by atoms with Gasteiger partial charge in [-0.15, -0.1) is 0 Å². The first-order valence-electron chi connectivity index (χ1n) is 5.16. The first-order valence-corrected chi connectivity index (χ1v) is 8.07. The Hall–Kier alpha value is -0.103. The third-order valence-electron chi connectivity index (χ3n) is 2.99. The Kier molecular flexibility index (Phi) is 7.52. The fraction of sp³-hybridized carbons (Fsp3) is 0.900. The SMILES string of the molecule is COC(=O)[C@@H]([NH3+])CO[Si](C)(C)C(C)(C)C.[Cl-]. The van der Waals surface area contributed by atoms with E-state index in [1.165, 1.54) is 7.11 Å². The van der Waals surface area contributed by atoms with E-state index in [4.69, 9.17) is 4.43 Å². The van der Waals surface area contributed by atoms with Crippen molar-refractivity contribution in [1.29, 1.82) is 0 Å². The summed E-state index contributed by atoms with van der Waals surface area (Å²) in [5, 5.41) is 0.156. The number of hydrogen-bond donors (Lipinski definition) is 1. The Balaban J connectivity index is 0. The van der Waals surface area contributed by atoms with Gasteiger partial charge in [0.15, 0.2) is 8.32 Å². The van der Waals surface area contributed by atoms with Crippen molar-refractivity contribution >= 4 is 14.3 Å². The minimum atomic E-state index is -1.77. The third kappa shape index (κ3) is 5.29. The molecule has 4 nitrogen and oxygen atoms in total. The predicted molar refractivity (Wildman–Crippen MR) is 61.8 cm³/mol. The largest absolute Gasteiger partial charge is 1.00 e.